The third kappa shape index (κ3) is 1.59. The van der Waals surface area contributed by atoms with Crippen molar-refractivity contribution in [2.45, 2.75) is 37.6 Å². The highest BCUT2D eigenvalue weighted by atomic mass is 35.5. The minimum atomic E-state index is 0.230. The zero-order valence-electron chi connectivity index (χ0n) is 5.81. The standard InChI is InChI=1S/C7H14ClN/c1-5-3-2-4-6(8)7(5)9/h5-7H,2-4,9H2,1H3. The van der Waals surface area contributed by atoms with Crippen LogP contribution in [0.3, 0.4) is 0 Å². The maximum absolute atomic E-state index is 5.94. The molecule has 2 N–H and O–H groups in total. The molecule has 1 fully saturated rings. The van der Waals surface area contributed by atoms with Crippen molar-refractivity contribution in [2.24, 2.45) is 11.7 Å². The van der Waals surface area contributed by atoms with Crippen molar-refractivity contribution in [2.75, 3.05) is 0 Å². The van der Waals surface area contributed by atoms with Gasteiger partial charge in [0.2, 0.25) is 0 Å². The van der Waals surface area contributed by atoms with E-state index in [2.05, 4.69) is 6.92 Å². The molecule has 0 bridgehead atoms. The topological polar surface area (TPSA) is 26.0 Å². The van der Waals surface area contributed by atoms with E-state index < -0.39 is 0 Å². The van der Waals surface area contributed by atoms with E-state index >= 15 is 0 Å². The average molecular weight is 148 g/mol. The van der Waals surface area contributed by atoms with Gasteiger partial charge in [-0.3, -0.25) is 0 Å². The number of hydrogen-bond acceptors (Lipinski definition) is 1. The number of halogens is 1. The molecule has 54 valence electrons. The molecule has 1 aliphatic rings. The summed E-state index contributed by atoms with van der Waals surface area (Å²) >= 11 is 5.94. The van der Waals surface area contributed by atoms with Gasteiger partial charge >= 0.3 is 0 Å². The van der Waals surface area contributed by atoms with Crippen molar-refractivity contribution in [3.8, 4) is 0 Å². The minimum Gasteiger partial charge on any atom is -0.326 e. The molecule has 1 nitrogen and oxygen atoms in total. The SMILES string of the molecule is CC1CCCC(Cl)C1N. The number of alkyl halides is 1. The lowest BCUT2D eigenvalue weighted by Gasteiger charge is -2.29. The van der Waals surface area contributed by atoms with Gasteiger partial charge in [0.05, 0.1) is 0 Å². The smallest absolute Gasteiger partial charge is 0.0489 e. The van der Waals surface area contributed by atoms with Crippen LogP contribution < -0.4 is 5.73 Å². The van der Waals surface area contributed by atoms with Crippen LogP contribution in [0.1, 0.15) is 26.2 Å². The van der Waals surface area contributed by atoms with Crippen molar-refractivity contribution in [3.05, 3.63) is 0 Å². The van der Waals surface area contributed by atoms with Crippen molar-refractivity contribution in [1.29, 1.82) is 0 Å². The summed E-state index contributed by atoms with van der Waals surface area (Å²) in [5.41, 5.74) is 5.79. The molecule has 0 aromatic rings. The molecule has 0 spiro atoms. The normalized spacial score (nSPS) is 45.0. The van der Waals surface area contributed by atoms with Crippen LogP contribution in [0.2, 0.25) is 0 Å². The third-order valence-corrected chi connectivity index (χ3v) is 2.72. The Morgan fingerprint density at radius 1 is 1.44 bits per heavy atom. The summed E-state index contributed by atoms with van der Waals surface area (Å²) in [5, 5.41) is 0.230. The Balaban J connectivity index is 2.41. The molecule has 2 heteroatoms. The van der Waals surface area contributed by atoms with Crippen LogP contribution in [0, 0.1) is 5.92 Å². The van der Waals surface area contributed by atoms with E-state index in [1.165, 1.54) is 12.8 Å². The zero-order valence-corrected chi connectivity index (χ0v) is 6.56. The highest BCUT2D eigenvalue weighted by Gasteiger charge is 2.25. The third-order valence-electron chi connectivity index (χ3n) is 2.21. The molecular weight excluding hydrogens is 134 g/mol. The summed E-state index contributed by atoms with van der Waals surface area (Å²) in [6.45, 7) is 2.18. The first-order valence-electron chi connectivity index (χ1n) is 3.61. The Bertz CT molecular complexity index is 84.9. The fraction of sp³-hybridized carbons (Fsp3) is 1.00. The summed E-state index contributed by atoms with van der Waals surface area (Å²) in [5.74, 6) is 0.626. The Kier molecular flexibility index (Phi) is 2.36. The average Bonchev–Trinajstić information content (AvgIpc) is 1.83. The Morgan fingerprint density at radius 3 is 2.56 bits per heavy atom. The van der Waals surface area contributed by atoms with Gasteiger partial charge in [0, 0.05) is 11.4 Å². The lowest BCUT2D eigenvalue weighted by Crippen LogP contribution is -2.40. The summed E-state index contributed by atoms with van der Waals surface area (Å²) in [6, 6.07) is 0.236. The first kappa shape index (κ1) is 7.36. The molecule has 1 saturated carbocycles. The minimum absolute atomic E-state index is 0.230. The summed E-state index contributed by atoms with van der Waals surface area (Å²) in [4.78, 5) is 0. The quantitative estimate of drug-likeness (QED) is 0.519. The fourth-order valence-electron chi connectivity index (χ4n) is 1.38. The molecule has 3 atom stereocenters. The molecule has 1 rings (SSSR count). The van der Waals surface area contributed by atoms with E-state index in [1.807, 2.05) is 0 Å². The van der Waals surface area contributed by atoms with Crippen LogP contribution >= 0.6 is 11.6 Å². The number of rotatable bonds is 0. The van der Waals surface area contributed by atoms with Crippen LogP contribution in [0.4, 0.5) is 0 Å². The molecule has 0 radical (unpaired) electrons. The van der Waals surface area contributed by atoms with Crippen molar-refractivity contribution in [3.63, 3.8) is 0 Å². The van der Waals surface area contributed by atoms with Gasteiger partial charge < -0.3 is 5.73 Å². The van der Waals surface area contributed by atoms with Gasteiger partial charge in [0.25, 0.3) is 0 Å². The first-order chi connectivity index (χ1) is 4.22. The molecule has 0 amide bonds. The van der Waals surface area contributed by atoms with Gasteiger partial charge in [-0.05, 0) is 18.8 Å². The summed E-state index contributed by atoms with van der Waals surface area (Å²) in [7, 11) is 0. The van der Waals surface area contributed by atoms with Gasteiger partial charge in [-0.25, -0.2) is 0 Å². The van der Waals surface area contributed by atoms with Gasteiger partial charge in [-0.15, -0.1) is 11.6 Å². The second-order valence-electron chi connectivity index (χ2n) is 3.00. The van der Waals surface area contributed by atoms with Gasteiger partial charge in [-0.2, -0.15) is 0 Å². The van der Waals surface area contributed by atoms with Gasteiger partial charge in [0.1, 0.15) is 0 Å². The highest BCUT2D eigenvalue weighted by molar-refractivity contribution is 6.21. The summed E-state index contributed by atoms with van der Waals surface area (Å²) < 4.78 is 0. The predicted octanol–water partition coefficient (Wildman–Crippen LogP) is 1.74. The van der Waals surface area contributed by atoms with Gasteiger partial charge in [-0.1, -0.05) is 13.3 Å². The maximum Gasteiger partial charge on any atom is 0.0489 e. The Labute approximate surface area is 61.6 Å². The maximum atomic E-state index is 5.94. The van der Waals surface area contributed by atoms with E-state index in [0.29, 0.717) is 5.92 Å². The zero-order chi connectivity index (χ0) is 6.85. The molecule has 3 unspecified atom stereocenters. The van der Waals surface area contributed by atoms with Crippen LogP contribution in [-0.4, -0.2) is 11.4 Å². The van der Waals surface area contributed by atoms with Crippen LogP contribution in [0.15, 0.2) is 0 Å². The molecule has 0 aromatic heterocycles. The van der Waals surface area contributed by atoms with E-state index in [4.69, 9.17) is 17.3 Å². The lowest BCUT2D eigenvalue weighted by atomic mass is 9.86. The second-order valence-corrected chi connectivity index (χ2v) is 3.56. The molecule has 0 aliphatic heterocycles. The molecule has 0 aromatic carbocycles. The van der Waals surface area contributed by atoms with E-state index in [1.54, 1.807) is 0 Å². The molecule has 9 heavy (non-hydrogen) atoms. The largest absolute Gasteiger partial charge is 0.326 e. The first-order valence-corrected chi connectivity index (χ1v) is 4.05. The van der Waals surface area contributed by atoms with Crippen molar-refractivity contribution in [1.82, 2.24) is 0 Å². The lowest BCUT2D eigenvalue weighted by molar-refractivity contribution is 0.336. The van der Waals surface area contributed by atoms with Crippen LogP contribution in [0.25, 0.3) is 0 Å². The van der Waals surface area contributed by atoms with Crippen molar-refractivity contribution >= 4 is 11.6 Å². The number of hydrogen-bond donors (Lipinski definition) is 1. The predicted molar refractivity (Wildman–Crippen MR) is 40.6 cm³/mol. The highest BCUT2D eigenvalue weighted by Crippen LogP contribution is 2.26. The molecule has 0 saturated heterocycles. The summed E-state index contributed by atoms with van der Waals surface area (Å²) in [6.07, 6.45) is 3.61. The Hall–Kier alpha value is 0.250. The van der Waals surface area contributed by atoms with Crippen molar-refractivity contribution < 1.29 is 0 Å². The van der Waals surface area contributed by atoms with Gasteiger partial charge in [0.15, 0.2) is 0 Å². The van der Waals surface area contributed by atoms with Crippen LogP contribution in [-0.2, 0) is 0 Å². The van der Waals surface area contributed by atoms with E-state index in [-0.39, 0.29) is 11.4 Å². The van der Waals surface area contributed by atoms with Crippen LogP contribution in [0.5, 0.6) is 0 Å². The van der Waals surface area contributed by atoms with E-state index in [9.17, 15) is 0 Å². The molecule has 0 heterocycles. The molecule has 1 aliphatic carbocycles. The monoisotopic (exact) mass is 147 g/mol. The van der Waals surface area contributed by atoms with E-state index in [0.717, 1.165) is 6.42 Å². The number of nitrogens with two attached hydrogens (primary N) is 1. The second kappa shape index (κ2) is 2.89. The molecular formula is C7H14ClN. The fourth-order valence-corrected chi connectivity index (χ4v) is 1.78. The Morgan fingerprint density at radius 2 is 2.11 bits per heavy atom.